The van der Waals surface area contributed by atoms with Gasteiger partial charge in [0.05, 0.1) is 6.04 Å². The van der Waals surface area contributed by atoms with E-state index in [0.29, 0.717) is 12.8 Å². The van der Waals surface area contributed by atoms with Gasteiger partial charge in [0.15, 0.2) is 0 Å². The van der Waals surface area contributed by atoms with Crippen molar-refractivity contribution in [2.75, 3.05) is 0 Å². The van der Waals surface area contributed by atoms with Crippen LogP contribution in [-0.4, -0.2) is 32.2 Å². The maximum absolute atomic E-state index is 12.6. The van der Waals surface area contributed by atoms with Gasteiger partial charge >= 0.3 is 6.09 Å². The van der Waals surface area contributed by atoms with Gasteiger partial charge in [-0.3, -0.25) is 4.79 Å². The zero-order valence-electron chi connectivity index (χ0n) is 13.0. The van der Waals surface area contributed by atoms with E-state index in [9.17, 15) is 9.59 Å². The number of benzene rings is 1. The molecule has 24 heavy (non-hydrogen) atoms. The summed E-state index contributed by atoms with van der Waals surface area (Å²) < 4.78 is 2.00. The largest absolute Gasteiger partial charge is 0.465 e. The number of para-hydroxylation sites is 1. The molecule has 2 heterocycles. The number of aromatic nitrogens is 2. The fourth-order valence-electron chi connectivity index (χ4n) is 3.33. The summed E-state index contributed by atoms with van der Waals surface area (Å²) >= 11 is 0. The van der Waals surface area contributed by atoms with Crippen LogP contribution in [0.3, 0.4) is 0 Å². The quantitative estimate of drug-likeness (QED) is 0.801. The van der Waals surface area contributed by atoms with Crippen LogP contribution in [0.15, 0.2) is 36.7 Å². The Kier molecular flexibility index (Phi) is 3.30. The van der Waals surface area contributed by atoms with Crippen LogP contribution in [0, 0.1) is 0 Å². The molecular weight excluding hydrogens is 308 g/mol. The number of hydrogen-bond acceptors (Lipinski definition) is 3. The predicted octanol–water partition coefficient (Wildman–Crippen LogP) is 1.78. The number of imidazole rings is 1. The second kappa shape index (κ2) is 5.36. The Labute approximate surface area is 138 Å². The number of rotatable bonds is 3. The maximum atomic E-state index is 12.6. The van der Waals surface area contributed by atoms with Crippen LogP contribution in [0.25, 0.3) is 5.69 Å². The van der Waals surface area contributed by atoms with E-state index in [4.69, 9.17) is 5.11 Å². The molecule has 0 spiro atoms. The molecule has 3 N–H and O–H groups in total. The lowest BCUT2D eigenvalue weighted by atomic mass is 10.0. The number of carbonyl (C=O) groups excluding carboxylic acids is 1. The van der Waals surface area contributed by atoms with Crippen molar-refractivity contribution in [3.8, 4) is 5.69 Å². The number of amides is 2. The number of nitrogens with one attached hydrogen (secondary N) is 2. The molecule has 2 aliphatic rings. The predicted molar refractivity (Wildman–Crippen MR) is 85.9 cm³/mol. The van der Waals surface area contributed by atoms with Gasteiger partial charge in [-0.25, -0.2) is 9.78 Å². The fourth-order valence-corrected chi connectivity index (χ4v) is 3.33. The summed E-state index contributed by atoms with van der Waals surface area (Å²) in [6.07, 6.45) is 5.06. The van der Waals surface area contributed by atoms with E-state index in [-0.39, 0.29) is 11.9 Å². The number of carbonyl (C=O) groups is 2. The van der Waals surface area contributed by atoms with E-state index in [1.54, 1.807) is 6.20 Å². The minimum absolute atomic E-state index is 0.243. The monoisotopic (exact) mass is 326 g/mol. The van der Waals surface area contributed by atoms with Crippen molar-refractivity contribution in [2.24, 2.45) is 0 Å². The highest BCUT2D eigenvalue weighted by atomic mass is 16.4. The molecule has 1 aromatic heterocycles. The average molecular weight is 326 g/mol. The van der Waals surface area contributed by atoms with E-state index >= 15 is 0 Å². The van der Waals surface area contributed by atoms with Gasteiger partial charge in [0, 0.05) is 18.1 Å². The molecule has 2 aromatic rings. The zero-order valence-corrected chi connectivity index (χ0v) is 13.0. The molecule has 7 nitrogen and oxygen atoms in total. The van der Waals surface area contributed by atoms with E-state index in [1.165, 1.54) is 5.56 Å². The molecule has 0 saturated heterocycles. The SMILES string of the molecule is O=C(O)NC1(C(=O)N[C@@H]2CCc3ccccc3-n3ccnc32)CC1. The molecule has 0 radical (unpaired) electrons. The van der Waals surface area contributed by atoms with Crippen LogP contribution in [0.1, 0.15) is 36.7 Å². The third-order valence-corrected chi connectivity index (χ3v) is 4.77. The van der Waals surface area contributed by atoms with Crippen molar-refractivity contribution in [3.63, 3.8) is 0 Å². The van der Waals surface area contributed by atoms with Gasteiger partial charge in [-0.1, -0.05) is 18.2 Å². The van der Waals surface area contributed by atoms with Gasteiger partial charge in [0.25, 0.3) is 0 Å². The maximum Gasteiger partial charge on any atom is 0.405 e. The van der Waals surface area contributed by atoms with E-state index in [0.717, 1.165) is 24.4 Å². The first-order chi connectivity index (χ1) is 11.6. The molecule has 1 saturated carbocycles. The minimum Gasteiger partial charge on any atom is -0.465 e. The van der Waals surface area contributed by atoms with E-state index in [2.05, 4.69) is 21.7 Å². The van der Waals surface area contributed by atoms with Gasteiger partial charge in [-0.15, -0.1) is 0 Å². The lowest BCUT2D eigenvalue weighted by Gasteiger charge is -2.21. The smallest absolute Gasteiger partial charge is 0.405 e. The molecule has 1 fully saturated rings. The Morgan fingerprint density at radius 3 is 2.83 bits per heavy atom. The molecule has 124 valence electrons. The Hall–Kier alpha value is -2.83. The second-order valence-corrected chi connectivity index (χ2v) is 6.36. The molecule has 0 bridgehead atoms. The summed E-state index contributed by atoms with van der Waals surface area (Å²) in [4.78, 5) is 27.9. The molecule has 1 aliphatic heterocycles. The highest BCUT2D eigenvalue weighted by Crippen LogP contribution is 2.37. The molecule has 1 aliphatic carbocycles. The van der Waals surface area contributed by atoms with Gasteiger partial charge < -0.3 is 20.3 Å². The highest BCUT2D eigenvalue weighted by Gasteiger charge is 2.52. The number of carboxylic acid groups (broad SMARTS) is 1. The van der Waals surface area contributed by atoms with Crippen molar-refractivity contribution in [1.29, 1.82) is 0 Å². The van der Waals surface area contributed by atoms with Crippen molar-refractivity contribution in [2.45, 2.75) is 37.3 Å². The number of aryl methyl sites for hydroxylation is 1. The standard InChI is InChI=1S/C17H18N4O3/c22-15(17(7-8-17)20-16(23)24)19-12-6-5-11-3-1-2-4-13(11)21-10-9-18-14(12)21/h1-4,9-10,12,20H,5-8H2,(H,19,22)(H,23,24)/t12-/m1/s1. The van der Waals surface area contributed by atoms with Crippen LogP contribution in [0.2, 0.25) is 0 Å². The summed E-state index contributed by atoms with van der Waals surface area (Å²) in [5.41, 5.74) is 1.31. The fraction of sp³-hybridized carbons (Fsp3) is 0.353. The van der Waals surface area contributed by atoms with Crippen LogP contribution < -0.4 is 10.6 Å². The average Bonchev–Trinajstić information content (AvgIpc) is 3.20. The van der Waals surface area contributed by atoms with Gasteiger partial charge in [-0.05, 0) is 37.3 Å². The van der Waals surface area contributed by atoms with E-state index < -0.39 is 11.6 Å². The Bertz CT molecular complexity index is 810. The molecular formula is C17H18N4O3. The molecule has 7 heteroatoms. The van der Waals surface area contributed by atoms with Crippen molar-refractivity contribution >= 4 is 12.0 Å². The summed E-state index contributed by atoms with van der Waals surface area (Å²) in [5, 5.41) is 14.3. The van der Waals surface area contributed by atoms with Crippen LogP contribution in [0.4, 0.5) is 4.79 Å². The highest BCUT2D eigenvalue weighted by molar-refractivity contribution is 5.92. The first-order valence-corrected chi connectivity index (χ1v) is 8.03. The Morgan fingerprint density at radius 2 is 2.08 bits per heavy atom. The van der Waals surface area contributed by atoms with Crippen molar-refractivity contribution < 1.29 is 14.7 Å². The van der Waals surface area contributed by atoms with Crippen LogP contribution in [0.5, 0.6) is 0 Å². The minimum atomic E-state index is -1.17. The summed E-state index contributed by atoms with van der Waals surface area (Å²) in [6.45, 7) is 0. The Balaban J connectivity index is 1.60. The van der Waals surface area contributed by atoms with Crippen molar-refractivity contribution in [1.82, 2.24) is 20.2 Å². The Morgan fingerprint density at radius 1 is 1.29 bits per heavy atom. The summed E-state index contributed by atoms with van der Waals surface area (Å²) in [5.74, 6) is 0.509. The molecule has 1 aromatic carbocycles. The third kappa shape index (κ3) is 2.42. The third-order valence-electron chi connectivity index (χ3n) is 4.77. The number of nitrogens with zero attached hydrogens (tertiary/aromatic N) is 2. The second-order valence-electron chi connectivity index (χ2n) is 6.36. The first-order valence-electron chi connectivity index (χ1n) is 8.03. The molecule has 4 rings (SSSR count). The number of fused-ring (bicyclic) bond motifs is 3. The molecule has 1 atom stereocenters. The van der Waals surface area contributed by atoms with Gasteiger partial charge in [0.1, 0.15) is 11.4 Å². The van der Waals surface area contributed by atoms with E-state index in [1.807, 2.05) is 29.0 Å². The number of hydrogen-bond donors (Lipinski definition) is 3. The lowest BCUT2D eigenvalue weighted by molar-refractivity contribution is -0.124. The van der Waals surface area contributed by atoms with Crippen LogP contribution >= 0.6 is 0 Å². The van der Waals surface area contributed by atoms with Crippen molar-refractivity contribution in [3.05, 3.63) is 48.0 Å². The first kappa shape index (κ1) is 14.7. The van der Waals surface area contributed by atoms with Gasteiger partial charge in [0.2, 0.25) is 5.91 Å². The molecule has 0 unspecified atom stereocenters. The zero-order chi connectivity index (χ0) is 16.7. The van der Waals surface area contributed by atoms with Gasteiger partial charge in [-0.2, -0.15) is 0 Å². The van der Waals surface area contributed by atoms with Crippen LogP contribution in [-0.2, 0) is 11.2 Å². The molecule has 2 amide bonds. The summed E-state index contributed by atoms with van der Waals surface area (Å²) in [7, 11) is 0. The summed E-state index contributed by atoms with van der Waals surface area (Å²) in [6, 6.07) is 7.87. The lowest BCUT2D eigenvalue weighted by Crippen LogP contribution is -2.49. The normalized spacial score (nSPS) is 20.2. The topological polar surface area (TPSA) is 96.3 Å².